The largest absolute Gasteiger partial charge is 0.481 e. The summed E-state index contributed by atoms with van der Waals surface area (Å²) in [6, 6.07) is 3.87. The van der Waals surface area contributed by atoms with Crippen molar-refractivity contribution < 1.29 is 14.7 Å². The molecular weight excluding hydrogens is 274 g/mol. The summed E-state index contributed by atoms with van der Waals surface area (Å²) in [6.45, 7) is 3.12. The quantitative estimate of drug-likeness (QED) is 0.675. The van der Waals surface area contributed by atoms with E-state index in [1.54, 1.807) is 16.2 Å². The van der Waals surface area contributed by atoms with Gasteiger partial charge in [-0.2, -0.15) is 0 Å². The number of hydrogen-bond acceptors (Lipinski definition) is 3. The van der Waals surface area contributed by atoms with E-state index in [1.165, 1.54) is 0 Å². The number of nitrogens with zero attached hydrogens (tertiary/aromatic N) is 1. The minimum atomic E-state index is -0.854. The van der Waals surface area contributed by atoms with Crippen molar-refractivity contribution in [3.05, 3.63) is 22.4 Å². The molecular formula is C15H23NO3S. The van der Waals surface area contributed by atoms with Gasteiger partial charge in [-0.1, -0.05) is 32.3 Å². The summed E-state index contributed by atoms with van der Waals surface area (Å²) in [5, 5.41) is 10.7. The molecule has 0 aliphatic carbocycles. The maximum Gasteiger partial charge on any atom is 0.305 e. The molecule has 1 rings (SSSR count). The van der Waals surface area contributed by atoms with Gasteiger partial charge in [0.05, 0.1) is 12.8 Å². The first-order valence-electron chi connectivity index (χ1n) is 7.15. The second kappa shape index (κ2) is 9.53. The standard InChI is InChI=1S/C15H23NO3S/c1-2-3-4-5-9-16(10-8-15(18)19)14(17)12-13-7-6-11-20-13/h6-7,11H,2-5,8-10,12H2,1H3,(H,18,19). The third-order valence-corrected chi connectivity index (χ3v) is 4.01. The molecule has 112 valence electrons. The third kappa shape index (κ3) is 6.70. The van der Waals surface area contributed by atoms with Crippen molar-refractivity contribution in [2.24, 2.45) is 0 Å². The average molecular weight is 297 g/mol. The van der Waals surface area contributed by atoms with Crippen molar-refractivity contribution in [2.45, 2.75) is 45.4 Å². The Bertz CT molecular complexity index is 403. The molecule has 0 aromatic carbocycles. The Kier molecular flexibility index (Phi) is 7.95. The number of carboxylic acids is 1. The Hall–Kier alpha value is -1.36. The van der Waals surface area contributed by atoms with Crippen LogP contribution in [-0.2, 0) is 16.0 Å². The Morgan fingerprint density at radius 3 is 2.65 bits per heavy atom. The molecule has 1 amide bonds. The highest BCUT2D eigenvalue weighted by Crippen LogP contribution is 2.12. The number of amides is 1. The Morgan fingerprint density at radius 1 is 1.25 bits per heavy atom. The first kappa shape index (κ1) is 16.7. The zero-order valence-electron chi connectivity index (χ0n) is 12.0. The van der Waals surface area contributed by atoms with Crippen LogP contribution in [-0.4, -0.2) is 35.0 Å². The summed E-state index contributed by atoms with van der Waals surface area (Å²) in [5.74, 6) is -0.822. The van der Waals surface area contributed by atoms with Crippen LogP contribution in [0.25, 0.3) is 0 Å². The second-order valence-electron chi connectivity index (χ2n) is 4.84. The zero-order valence-corrected chi connectivity index (χ0v) is 12.8. The predicted octanol–water partition coefficient (Wildman–Crippen LogP) is 3.17. The number of thiophene rings is 1. The number of carbonyl (C=O) groups excluding carboxylic acids is 1. The first-order chi connectivity index (χ1) is 9.63. The second-order valence-corrected chi connectivity index (χ2v) is 5.87. The molecule has 4 nitrogen and oxygen atoms in total. The van der Waals surface area contributed by atoms with E-state index in [0.29, 0.717) is 19.5 Å². The van der Waals surface area contributed by atoms with Crippen LogP contribution < -0.4 is 0 Å². The fraction of sp³-hybridized carbons (Fsp3) is 0.600. The summed E-state index contributed by atoms with van der Waals surface area (Å²) < 4.78 is 0. The SMILES string of the molecule is CCCCCCN(CCC(=O)O)C(=O)Cc1cccs1. The van der Waals surface area contributed by atoms with Crippen molar-refractivity contribution >= 4 is 23.2 Å². The van der Waals surface area contributed by atoms with Gasteiger partial charge in [0.1, 0.15) is 0 Å². The fourth-order valence-electron chi connectivity index (χ4n) is 2.00. The Labute approximate surface area is 124 Å². The van der Waals surface area contributed by atoms with Gasteiger partial charge in [-0.3, -0.25) is 9.59 Å². The van der Waals surface area contributed by atoms with Crippen molar-refractivity contribution in [3.8, 4) is 0 Å². The fourth-order valence-corrected chi connectivity index (χ4v) is 2.69. The van der Waals surface area contributed by atoms with Crippen molar-refractivity contribution in [3.63, 3.8) is 0 Å². The molecule has 1 heterocycles. The number of carboxylic acid groups (broad SMARTS) is 1. The van der Waals surface area contributed by atoms with Gasteiger partial charge in [0.2, 0.25) is 5.91 Å². The topological polar surface area (TPSA) is 57.6 Å². The molecule has 0 saturated carbocycles. The third-order valence-electron chi connectivity index (χ3n) is 3.14. The van der Waals surface area contributed by atoms with E-state index < -0.39 is 5.97 Å². The summed E-state index contributed by atoms with van der Waals surface area (Å²) in [6.07, 6.45) is 4.75. The highest BCUT2D eigenvalue weighted by molar-refractivity contribution is 7.10. The van der Waals surface area contributed by atoms with Crippen LogP contribution in [0.4, 0.5) is 0 Å². The lowest BCUT2D eigenvalue weighted by Crippen LogP contribution is -2.35. The Morgan fingerprint density at radius 2 is 2.05 bits per heavy atom. The molecule has 0 bridgehead atoms. The summed E-state index contributed by atoms with van der Waals surface area (Å²) >= 11 is 1.56. The van der Waals surface area contributed by atoms with Crippen LogP contribution >= 0.6 is 11.3 Å². The van der Waals surface area contributed by atoms with E-state index in [1.807, 2.05) is 17.5 Å². The van der Waals surface area contributed by atoms with Gasteiger partial charge in [-0.05, 0) is 17.9 Å². The predicted molar refractivity (Wildman–Crippen MR) is 81.0 cm³/mol. The van der Waals surface area contributed by atoms with Gasteiger partial charge < -0.3 is 10.0 Å². The van der Waals surface area contributed by atoms with E-state index in [2.05, 4.69) is 6.92 Å². The van der Waals surface area contributed by atoms with Gasteiger partial charge in [0.25, 0.3) is 0 Å². The minimum Gasteiger partial charge on any atom is -0.481 e. The molecule has 0 aliphatic rings. The molecule has 0 spiro atoms. The molecule has 1 aromatic rings. The van der Waals surface area contributed by atoms with Crippen LogP contribution in [0.2, 0.25) is 0 Å². The van der Waals surface area contributed by atoms with Crippen molar-refractivity contribution in [1.82, 2.24) is 4.90 Å². The molecule has 0 fully saturated rings. The van der Waals surface area contributed by atoms with E-state index >= 15 is 0 Å². The van der Waals surface area contributed by atoms with Crippen LogP contribution in [0.3, 0.4) is 0 Å². The monoisotopic (exact) mass is 297 g/mol. The maximum absolute atomic E-state index is 12.2. The van der Waals surface area contributed by atoms with Crippen molar-refractivity contribution in [2.75, 3.05) is 13.1 Å². The van der Waals surface area contributed by atoms with E-state index in [4.69, 9.17) is 5.11 Å². The molecule has 0 unspecified atom stereocenters. The van der Waals surface area contributed by atoms with E-state index in [9.17, 15) is 9.59 Å². The van der Waals surface area contributed by atoms with Gasteiger partial charge >= 0.3 is 5.97 Å². The van der Waals surface area contributed by atoms with Gasteiger partial charge in [0, 0.05) is 18.0 Å². The first-order valence-corrected chi connectivity index (χ1v) is 8.03. The number of rotatable bonds is 10. The molecule has 1 aromatic heterocycles. The molecule has 0 radical (unpaired) electrons. The van der Waals surface area contributed by atoms with Gasteiger partial charge in [0.15, 0.2) is 0 Å². The highest BCUT2D eigenvalue weighted by atomic mass is 32.1. The minimum absolute atomic E-state index is 0.0178. The molecule has 0 atom stereocenters. The Balaban J connectivity index is 2.46. The normalized spacial score (nSPS) is 10.4. The average Bonchev–Trinajstić information content (AvgIpc) is 2.90. The summed E-state index contributed by atoms with van der Waals surface area (Å²) in [4.78, 5) is 25.6. The molecule has 1 N–H and O–H groups in total. The number of carbonyl (C=O) groups is 2. The maximum atomic E-state index is 12.2. The number of unbranched alkanes of at least 4 members (excludes halogenated alkanes) is 3. The van der Waals surface area contributed by atoms with Crippen molar-refractivity contribution in [1.29, 1.82) is 0 Å². The number of aliphatic carboxylic acids is 1. The van der Waals surface area contributed by atoms with E-state index in [0.717, 1.165) is 30.6 Å². The molecule has 20 heavy (non-hydrogen) atoms. The lowest BCUT2D eigenvalue weighted by molar-refractivity contribution is -0.138. The van der Waals surface area contributed by atoms with Gasteiger partial charge in [-0.15, -0.1) is 11.3 Å². The smallest absolute Gasteiger partial charge is 0.305 e. The molecule has 0 aliphatic heterocycles. The summed E-state index contributed by atoms with van der Waals surface area (Å²) in [5.41, 5.74) is 0. The zero-order chi connectivity index (χ0) is 14.8. The highest BCUT2D eigenvalue weighted by Gasteiger charge is 2.15. The number of hydrogen-bond donors (Lipinski definition) is 1. The van der Waals surface area contributed by atoms with Crippen LogP contribution in [0.5, 0.6) is 0 Å². The van der Waals surface area contributed by atoms with Crippen LogP contribution in [0, 0.1) is 0 Å². The van der Waals surface area contributed by atoms with Crippen LogP contribution in [0.15, 0.2) is 17.5 Å². The molecule has 0 saturated heterocycles. The summed E-state index contributed by atoms with van der Waals surface area (Å²) in [7, 11) is 0. The lowest BCUT2D eigenvalue weighted by Gasteiger charge is -2.21. The van der Waals surface area contributed by atoms with Gasteiger partial charge in [-0.25, -0.2) is 0 Å². The molecule has 5 heteroatoms. The van der Waals surface area contributed by atoms with E-state index in [-0.39, 0.29) is 12.3 Å². The van der Waals surface area contributed by atoms with Crippen LogP contribution in [0.1, 0.15) is 43.9 Å². The lowest BCUT2D eigenvalue weighted by atomic mass is 10.2.